The lowest BCUT2D eigenvalue weighted by Gasteiger charge is -2.41. The van der Waals surface area contributed by atoms with Crippen molar-refractivity contribution in [3.8, 4) is 0 Å². The zero-order chi connectivity index (χ0) is 21.5. The summed E-state index contributed by atoms with van der Waals surface area (Å²) in [7, 11) is 1.23. The number of urea groups is 1. The third-order valence-electron chi connectivity index (χ3n) is 5.81. The first kappa shape index (κ1) is 19.6. The fourth-order valence-electron chi connectivity index (χ4n) is 4.34. The molecule has 9 nitrogen and oxygen atoms in total. The maximum absolute atomic E-state index is 13.3. The summed E-state index contributed by atoms with van der Waals surface area (Å²) >= 11 is 0. The quantitative estimate of drug-likeness (QED) is 0.436. The van der Waals surface area contributed by atoms with Gasteiger partial charge < -0.3 is 9.64 Å². The summed E-state index contributed by atoms with van der Waals surface area (Å²) in [5.41, 5.74) is -0.760. The van der Waals surface area contributed by atoms with Crippen LogP contribution >= 0.6 is 0 Å². The average molecular weight is 409 g/mol. The maximum atomic E-state index is 13.3. The van der Waals surface area contributed by atoms with E-state index in [0.717, 1.165) is 0 Å². The second-order valence-corrected chi connectivity index (χ2v) is 7.28. The number of nitrogens with zero attached hydrogens (tertiary/aromatic N) is 3. The van der Waals surface area contributed by atoms with Crippen molar-refractivity contribution in [2.24, 2.45) is 0 Å². The lowest BCUT2D eigenvalue weighted by atomic mass is 9.80. The number of ether oxygens (including phenoxy) is 1. The largest absolute Gasteiger partial charge is 0.467 e. The number of nitro benzene ring substituents is 1. The molecule has 0 spiro atoms. The molecule has 3 amide bonds. The maximum Gasteiger partial charge on any atom is 0.336 e. The number of benzene rings is 2. The van der Waals surface area contributed by atoms with Crippen LogP contribution in [0.2, 0.25) is 0 Å². The Morgan fingerprint density at radius 1 is 1.13 bits per heavy atom. The van der Waals surface area contributed by atoms with Gasteiger partial charge in [0, 0.05) is 24.2 Å². The highest BCUT2D eigenvalue weighted by molar-refractivity contribution is 6.07. The Kier molecular flexibility index (Phi) is 4.73. The summed E-state index contributed by atoms with van der Waals surface area (Å²) in [5, 5.41) is 11.0. The minimum Gasteiger partial charge on any atom is -0.467 e. The molecule has 1 unspecified atom stereocenters. The van der Waals surface area contributed by atoms with Crippen molar-refractivity contribution >= 4 is 23.6 Å². The van der Waals surface area contributed by atoms with Gasteiger partial charge in [-0.1, -0.05) is 18.2 Å². The molecule has 2 aliphatic rings. The molecule has 9 heteroatoms. The minimum atomic E-state index is -1.44. The van der Waals surface area contributed by atoms with Crippen molar-refractivity contribution in [3.05, 3.63) is 75.8 Å². The lowest BCUT2D eigenvalue weighted by Crippen LogP contribution is -2.55. The first-order chi connectivity index (χ1) is 14.4. The topological polar surface area (TPSA) is 110 Å². The van der Waals surface area contributed by atoms with E-state index < -0.39 is 28.4 Å². The molecule has 2 aliphatic heterocycles. The highest BCUT2D eigenvalue weighted by atomic mass is 16.6. The van der Waals surface area contributed by atoms with Gasteiger partial charge in [0.2, 0.25) is 0 Å². The first-order valence-electron chi connectivity index (χ1n) is 9.43. The number of methoxy groups -OCH3 is 1. The number of carbonyl (C=O) groups is 3. The molecular formula is C21H19N3O6. The predicted octanol–water partition coefficient (Wildman–Crippen LogP) is 2.70. The highest BCUT2D eigenvalue weighted by Crippen LogP contribution is 2.45. The Bertz CT molecular complexity index is 1020. The van der Waals surface area contributed by atoms with E-state index in [1.807, 2.05) is 0 Å². The van der Waals surface area contributed by atoms with Crippen molar-refractivity contribution in [2.45, 2.75) is 24.4 Å². The van der Waals surface area contributed by atoms with Gasteiger partial charge in [-0.05, 0) is 42.7 Å². The Morgan fingerprint density at radius 2 is 1.80 bits per heavy atom. The highest BCUT2D eigenvalue weighted by Gasteiger charge is 2.59. The number of carbonyl (C=O) groups excluding carboxylic acids is 3. The zero-order valence-corrected chi connectivity index (χ0v) is 16.2. The van der Waals surface area contributed by atoms with Crippen LogP contribution in [0, 0.1) is 10.1 Å². The van der Waals surface area contributed by atoms with Crippen molar-refractivity contribution in [1.82, 2.24) is 9.80 Å². The molecule has 2 fully saturated rings. The number of rotatable bonds is 4. The van der Waals surface area contributed by atoms with Gasteiger partial charge in [0.15, 0.2) is 5.54 Å². The van der Waals surface area contributed by atoms with Crippen LogP contribution in [0.1, 0.15) is 28.8 Å². The number of amides is 3. The van der Waals surface area contributed by atoms with E-state index in [1.54, 1.807) is 30.3 Å². The van der Waals surface area contributed by atoms with E-state index in [9.17, 15) is 24.5 Å². The number of hydrogen-bond acceptors (Lipinski definition) is 6. The smallest absolute Gasteiger partial charge is 0.336 e. The van der Waals surface area contributed by atoms with Gasteiger partial charge in [-0.15, -0.1) is 0 Å². The molecule has 30 heavy (non-hydrogen) atoms. The van der Waals surface area contributed by atoms with Crippen molar-refractivity contribution in [3.63, 3.8) is 0 Å². The van der Waals surface area contributed by atoms with Crippen LogP contribution in [0.25, 0.3) is 0 Å². The predicted molar refractivity (Wildman–Crippen MR) is 105 cm³/mol. The summed E-state index contributed by atoms with van der Waals surface area (Å²) < 4.78 is 5.03. The van der Waals surface area contributed by atoms with E-state index in [1.165, 1.54) is 41.2 Å². The fourth-order valence-corrected chi connectivity index (χ4v) is 4.34. The van der Waals surface area contributed by atoms with Gasteiger partial charge >= 0.3 is 12.0 Å². The van der Waals surface area contributed by atoms with Gasteiger partial charge in [0.1, 0.15) is 0 Å². The number of nitro groups is 1. The van der Waals surface area contributed by atoms with Crippen LogP contribution < -0.4 is 0 Å². The van der Waals surface area contributed by atoms with Crippen LogP contribution in [0.5, 0.6) is 0 Å². The monoisotopic (exact) mass is 409 g/mol. The minimum absolute atomic E-state index is 0.124. The van der Waals surface area contributed by atoms with E-state index in [0.29, 0.717) is 17.5 Å². The molecule has 0 aromatic heterocycles. The second kappa shape index (κ2) is 7.25. The van der Waals surface area contributed by atoms with Gasteiger partial charge in [0.25, 0.3) is 11.6 Å². The summed E-state index contributed by atoms with van der Waals surface area (Å²) in [4.78, 5) is 52.2. The Labute approximate surface area is 172 Å². The molecule has 0 radical (unpaired) electrons. The van der Waals surface area contributed by atoms with Gasteiger partial charge in [-0.3, -0.25) is 19.8 Å². The van der Waals surface area contributed by atoms with Crippen LogP contribution in [-0.2, 0) is 15.1 Å². The molecule has 2 saturated heterocycles. The number of non-ortho nitro benzene ring substituents is 1. The SMILES string of the molecule is COC(=O)C1(c2ccc([N+](=O)[O-])cc2)CC[C@@H]2CN1C(=O)N2C(=O)c1ccccc1. The number of hydrogen-bond donors (Lipinski definition) is 0. The van der Waals surface area contributed by atoms with Crippen LogP contribution in [0.4, 0.5) is 10.5 Å². The molecule has 2 heterocycles. The van der Waals surface area contributed by atoms with E-state index in [2.05, 4.69) is 0 Å². The molecule has 154 valence electrons. The first-order valence-corrected chi connectivity index (χ1v) is 9.43. The van der Waals surface area contributed by atoms with Gasteiger partial charge in [-0.2, -0.15) is 0 Å². The van der Waals surface area contributed by atoms with Crippen LogP contribution in [0.3, 0.4) is 0 Å². The number of piperidine rings is 1. The number of fused-ring (bicyclic) bond motifs is 2. The van der Waals surface area contributed by atoms with Crippen LogP contribution in [-0.4, -0.2) is 52.3 Å². The molecule has 4 rings (SSSR count). The standard InChI is InChI=1S/C21H19N3O6/c1-30-19(26)21(15-7-9-16(10-8-15)24(28)29)12-11-17-13-22(21)20(27)23(17)18(25)14-5-3-2-4-6-14/h2-10,17H,11-13H2,1H3/t17-,21?/m1/s1. The molecule has 2 atom stereocenters. The second-order valence-electron chi connectivity index (χ2n) is 7.28. The summed E-state index contributed by atoms with van der Waals surface area (Å²) in [6, 6.07) is 13.1. The van der Waals surface area contributed by atoms with Crippen molar-refractivity contribution in [2.75, 3.05) is 13.7 Å². The number of esters is 1. The molecule has 2 bridgehead atoms. The van der Waals surface area contributed by atoms with E-state index >= 15 is 0 Å². The van der Waals surface area contributed by atoms with Crippen molar-refractivity contribution < 1.29 is 24.0 Å². The normalized spacial score (nSPS) is 22.7. The average Bonchev–Trinajstić information content (AvgIpc) is 3.05. The van der Waals surface area contributed by atoms with E-state index in [4.69, 9.17) is 4.74 Å². The van der Waals surface area contributed by atoms with E-state index in [-0.39, 0.29) is 24.7 Å². The van der Waals surface area contributed by atoms with Gasteiger partial charge in [-0.25, -0.2) is 9.59 Å². The lowest BCUT2D eigenvalue weighted by molar-refractivity contribution is -0.384. The van der Waals surface area contributed by atoms with Gasteiger partial charge in [0.05, 0.1) is 18.1 Å². The summed E-state index contributed by atoms with van der Waals surface area (Å²) in [6.07, 6.45) is 0.652. The molecule has 2 aromatic carbocycles. The Hall–Kier alpha value is -3.75. The molecule has 0 N–H and O–H groups in total. The zero-order valence-electron chi connectivity index (χ0n) is 16.2. The third-order valence-corrected chi connectivity index (χ3v) is 5.81. The number of imide groups is 1. The Morgan fingerprint density at radius 3 is 2.40 bits per heavy atom. The third kappa shape index (κ3) is 2.81. The molecule has 0 aliphatic carbocycles. The molecule has 2 aromatic rings. The Balaban J connectivity index is 1.74. The summed E-state index contributed by atoms with van der Waals surface area (Å²) in [5.74, 6) is -1.06. The molecular weight excluding hydrogens is 390 g/mol. The fraction of sp³-hybridized carbons (Fsp3) is 0.286. The van der Waals surface area contributed by atoms with Crippen molar-refractivity contribution in [1.29, 1.82) is 0 Å². The van der Waals surface area contributed by atoms with Crippen LogP contribution in [0.15, 0.2) is 54.6 Å². The summed E-state index contributed by atoms with van der Waals surface area (Å²) in [6.45, 7) is 0.184. The molecule has 0 saturated carbocycles.